The van der Waals surface area contributed by atoms with E-state index >= 15 is 0 Å². The van der Waals surface area contributed by atoms with Gasteiger partial charge in [0, 0.05) is 6.54 Å². The van der Waals surface area contributed by atoms with Gasteiger partial charge in [0.1, 0.15) is 0 Å². The van der Waals surface area contributed by atoms with Crippen molar-refractivity contribution in [3.05, 3.63) is 0 Å². The minimum atomic E-state index is -4.50. The fraction of sp³-hybridized carbons (Fsp3) is 1.00. The largest absolute Gasteiger partial charge is 0.415 e. The zero-order valence-corrected chi connectivity index (χ0v) is 6.99. The first-order valence-electron chi connectivity index (χ1n) is 3.94. The predicted octanol–water partition coefficient (Wildman–Crippen LogP) is 1.30. The van der Waals surface area contributed by atoms with E-state index in [-0.39, 0.29) is 0 Å². The average Bonchev–Trinajstić information content (AvgIpc) is 1.96. The van der Waals surface area contributed by atoms with Crippen LogP contribution < -0.4 is 5.32 Å². The van der Waals surface area contributed by atoms with Crippen molar-refractivity contribution in [2.45, 2.75) is 32.0 Å². The molecule has 0 saturated heterocycles. The fourth-order valence-electron chi connectivity index (χ4n) is 0.656. The summed E-state index contributed by atoms with van der Waals surface area (Å²) in [5.41, 5.74) is 0. The van der Waals surface area contributed by atoms with Crippen LogP contribution in [0, 0.1) is 0 Å². The molecule has 1 atom stereocenters. The van der Waals surface area contributed by atoms with Gasteiger partial charge in [0.2, 0.25) is 0 Å². The maximum atomic E-state index is 11.7. The molecule has 5 heteroatoms. The molecule has 0 aliphatic carbocycles. The van der Waals surface area contributed by atoms with Gasteiger partial charge in [-0.3, -0.25) is 0 Å². The lowest BCUT2D eigenvalue weighted by atomic mass is 10.3. The Morgan fingerprint density at radius 1 is 1.42 bits per heavy atom. The topological polar surface area (TPSA) is 32.3 Å². The van der Waals surface area contributed by atoms with E-state index in [4.69, 9.17) is 5.11 Å². The van der Waals surface area contributed by atoms with Gasteiger partial charge in [-0.2, -0.15) is 13.2 Å². The van der Waals surface area contributed by atoms with Crippen LogP contribution in [0.5, 0.6) is 0 Å². The number of aliphatic hydroxyl groups excluding tert-OH is 1. The van der Waals surface area contributed by atoms with E-state index in [1.807, 2.05) is 6.92 Å². The van der Waals surface area contributed by atoms with Gasteiger partial charge in [-0.25, -0.2) is 0 Å². The molecule has 2 N–H and O–H groups in total. The van der Waals surface area contributed by atoms with Crippen molar-refractivity contribution in [3.8, 4) is 0 Å². The number of hydrogen-bond acceptors (Lipinski definition) is 2. The highest BCUT2D eigenvalue weighted by Crippen LogP contribution is 2.18. The molecule has 0 heterocycles. The number of hydrogen-bond donors (Lipinski definition) is 2. The Bertz CT molecular complexity index is 116. The van der Waals surface area contributed by atoms with E-state index in [0.29, 0.717) is 6.54 Å². The van der Waals surface area contributed by atoms with Crippen molar-refractivity contribution in [1.29, 1.82) is 0 Å². The van der Waals surface area contributed by atoms with E-state index in [9.17, 15) is 13.2 Å². The van der Waals surface area contributed by atoms with Crippen LogP contribution in [0.3, 0.4) is 0 Å². The Morgan fingerprint density at radius 2 is 2.00 bits per heavy atom. The van der Waals surface area contributed by atoms with E-state index < -0.39 is 18.8 Å². The maximum Gasteiger partial charge on any atom is 0.415 e. The zero-order chi connectivity index (χ0) is 9.61. The minimum absolute atomic E-state index is 0.413. The summed E-state index contributed by atoms with van der Waals surface area (Å²) in [6.07, 6.45) is -4.99. The lowest BCUT2D eigenvalue weighted by Crippen LogP contribution is -2.38. The maximum absolute atomic E-state index is 11.7. The molecule has 2 nitrogen and oxygen atoms in total. The average molecular weight is 185 g/mol. The number of unbranched alkanes of at least 4 members (excludes halogenated alkanes) is 1. The predicted molar refractivity (Wildman–Crippen MR) is 39.8 cm³/mol. The molecule has 0 amide bonds. The first kappa shape index (κ1) is 11.7. The summed E-state index contributed by atoms with van der Waals surface area (Å²) in [5, 5.41) is 11.0. The van der Waals surface area contributed by atoms with Crippen molar-refractivity contribution in [3.63, 3.8) is 0 Å². The first-order valence-corrected chi connectivity index (χ1v) is 3.94. The lowest BCUT2D eigenvalue weighted by molar-refractivity contribution is -0.201. The molecule has 0 aliphatic heterocycles. The highest BCUT2D eigenvalue weighted by Gasteiger charge is 2.37. The summed E-state index contributed by atoms with van der Waals surface area (Å²) in [4.78, 5) is 0. The second kappa shape index (κ2) is 5.37. The summed E-state index contributed by atoms with van der Waals surface area (Å²) in [7, 11) is 0. The number of halogens is 3. The molecule has 0 aromatic heterocycles. The third-order valence-electron chi connectivity index (χ3n) is 1.42. The van der Waals surface area contributed by atoms with E-state index in [1.165, 1.54) is 0 Å². The third-order valence-corrected chi connectivity index (χ3v) is 1.42. The van der Waals surface area contributed by atoms with E-state index in [2.05, 4.69) is 5.32 Å². The van der Waals surface area contributed by atoms with Crippen molar-refractivity contribution in [2.75, 3.05) is 13.1 Å². The molecule has 12 heavy (non-hydrogen) atoms. The monoisotopic (exact) mass is 185 g/mol. The number of rotatable bonds is 5. The van der Waals surface area contributed by atoms with Gasteiger partial charge < -0.3 is 10.4 Å². The number of nitrogens with one attached hydrogen (secondary N) is 1. The van der Waals surface area contributed by atoms with Crippen LogP contribution in [0.15, 0.2) is 0 Å². The first-order chi connectivity index (χ1) is 5.48. The molecule has 0 rings (SSSR count). The molecule has 0 bridgehead atoms. The van der Waals surface area contributed by atoms with Crippen LogP contribution in [0.4, 0.5) is 13.2 Å². The Morgan fingerprint density at radius 3 is 2.42 bits per heavy atom. The SMILES string of the molecule is CCCCNCC(O)C(F)(F)F. The van der Waals surface area contributed by atoms with Gasteiger partial charge in [-0.15, -0.1) is 0 Å². The van der Waals surface area contributed by atoms with Crippen molar-refractivity contribution < 1.29 is 18.3 Å². The minimum Gasteiger partial charge on any atom is -0.382 e. The van der Waals surface area contributed by atoms with E-state index in [1.54, 1.807) is 0 Å². The summed E-state index contributed by atoms with van der Waals surface area (Å²) in [5.74, 6) is 0. The molecule has 1 unspecified atom stereocenters. The van der Waals surface area contributed by atoms with Gasteiger partial charge >= 0.3 is 6.18 Å². The molecule has 74 valence electrons. The second-order valence-corrected chi connectivity index (χ2v) is 2.62. The van der Waals surface area contributed by atoms with Crippen LogP contribution in [0.1, 0.15) is 19.8 Å². The van der Waals surface area contributed by atoms with Gasteiger partial charge in [0.05, 0.1) is 0 Å². The smallest absolute Gasteiger partial charge is 0.382 e. The Balaban J connectivity index is 3.38. The fourth-order valence-corrected chi connectivity index (χ4v) is 0.656. The van der Waals surface area contributed by atoms with Crippen LogP contribution >= 0.6 is 0 Å². The van der Waals surface area contributed by atoms with Gasteiger partial charge in [-0.05, 0) is 13.0 Å². The molecule has 0 radical (unpaired) electrons. The standard InChI is InChI=1S/C7H14F3NO/c1-2-3-4-11-5-6(12)7(8,9)10/h6,11-12H,2-5H2,1H3. The molecule has 0 fully saturated rings. The molecule has 0 aromatic carbocycles. The molecule has 0 spiro atoms. The Hall–Kier alpha value is -0.290. The number of alkyl halides is 3. The highest BCUT2D eigenvalue weighted by molar-refractivity contribution is 4.67. The van der Waals surface area contributed by atoms with Crippen LogP contribution in [-0.4, -0.2) is 30.5 Å². The molecule has 0 aliphatic rings. The highest BCUT2D eigenvalue weighted by atomic mass is 19.4. The van der Waals surface area contributed by atoms with Gasteiger partial charge in [0.15, 0.2) is 6.10 Å². The quantitative estimate of drug-likeness (QED) is 0.633. The molecule has 0 aromatic rings. The third kappa shape index (κ3) is 5.37. The summed E-state index contributed by atoms with van der Waals surface area (Å²) in [6, 6.07) is 0. The number of aliphatic hydroxyl groups is 1. The molecular weight excluding hydrogens is 171 g/mol. The van der Waals surface area contributed by atoms with Crippen molar-refractivity contribution in [2.24, 2.45) is 0 Å². The van der Waals surface area contributed by atoms with Crippen molar-refractivity contribution >= 4 is 0 Å². The van der Waals surface area contributed by atoms with Crippen LogP contribution in [-0.2, 0) is 0 Å². The second-order valence-electron chi connectivity index (χ2n) is 2.62. The summed E-state index contributed by atoms with van der Waals surface area (Å²) >= 11 is 0. The zero-order valence-electron chi connectivity index (χ0n) is 6.99. The van der Waals surface area contributed by atoms with Crippen LogP contribution in [0.25, 0.3) is 0 Å². The summed E-state index contributed by atoms with van der Waals surface area (Å²) in [6.45, 7) is 2.05. The van der Waals surface area contributed by atoms with E-state index in [0.717, 1.165) is 12.8 Å². The molecular formula is C7H14F3NO. The lowest BCUT2D eigenvalue weighted by Gasteiger charge is -2.14. The Kier molecular flexibility index (Phi) is 5.24. The van der Waals surface area contributed by atoms with Gasteiger partial charge in [-0.1, -0.05) is 13.3 Å². The summed E-state index contributed by atoms with van der Waals surface area (Å²) < 4.78 is 35.0. The van der Waals surface area contributed by atoms with Gasteiger partial charge in [0.25, 0.3) is 0 Å². The van der Waals surface area contributed by atoms with Crippen molar-refractivity contribution in [1.82, 2.24) is 5.32 Å². The normalized spacial score (nSPS) is 14.8. The van der Waals surface area contributed by atoms with Crippen LogP contribution in [0.2, 0.25) is 0 Å². The molecule has 0 saturated carbocycles. The Labute approximate surface area is 69.8 Å².